The minimum atomic E-state index is 0.642. The fourth-order valence-corrected chi connectivity index (χ4v) is 1.20. The van der Waals surface area contributed by atoms with Gasteiger partial charge in [-0.25, -0.2) is 4.98 Å². The lowest BCUT2D eigenvalue weighted by Gasteiger charge is -1.97. The zero-order valence-corrected chi connectivity index (χ0v) is 8.25. The molecule has 0 unspecified atom stereocenters. The van der Waals surface area contributed by atoms with E-state index in [0.717, 1.165) is 16.1 Å². The summed E-state index contributed by atoms with van der Waals surface area (Å²) >= 11 is 2.07. The van der Waals surface area contributed by atoms with Crippen molar-refractivity contribution in [2.75, 3.05) is 0 Å². The molecule has 2 nitrogen and oxygen atoms in total. The zero-order chi connectivity index (χ0) is 7.56. The molecule has 0 aliphatic carbocycles. The largest absolute Gasteiger partial charge is 0.437 e. The third-order valence-electron chi connectivity index (χ3n) is 1.13. The maximum Gasteiger partial charge on any atom is 0.257 e. The first-order valence-corrected chi connectivity index (χ1v) is 4.36. The molecule has 0 atom stereocenters. The Kier molecular flexibility index (Phi) is 2.71. The number of halogens is 1. The molecule has 56 valence electrons. The summed E-state index contributed by atoms with van der Waals surface area (Å²) in [5, 5.41) is 0. The van der Waals surface area contributed by atoms with Crippen molar-refractivity contribution >= 4 is 22.6 Å². The monoisotopic (exact) mass is 251 g/mol. The van der Waals surface area contributed by atoms with Gasteiger partial charge in [-0.05, 0) is 5.92 Å². The minimum absolute atomic E-state index is 0.642. The number of oxazole rings is 1. The smallest absolute Gasteiger partial charge is 0.257 e. The number of hydrogen-bond acceptors (Lipinski definition) is 2. The summed E-state index contributed by atoms with van der Waals surface area (Å²) in [4.78, 5) is 3.99. The second kappa shape index (κ2) is 3.37. The van der Waals surface area contributed by atoms with Crippen LogP contribution in [0.4, 0.5) is 0 Å². The van der Waals surface area contributed by atoms with E-state index in [1.807, 2.05) is 0 Å². The van der Waals surface area contributed by atoms with Gasteiger partial charge in [-0.15, -0.1) is 0 Å². The van der Waals surface area contributed by atoms with Crippen LogP contribution in [0.15, 0.2) is 10.6 Å². The average molecular weight is 251 g/mol. The zero-order valence-electron chi connectivity index (χ0n) is 6.10. The van der Waals surface area contributed by atoms with E-state index in [9.17, 15) is 0 Å². The minimum Gasteiger partial charge on any atom is -0.437 e. The van der Waals surface area contributed by atoms with Crippen molar-refractivity contribution in [2.24, 2.45) is 5.92 Å². The number of aromatic nitrogens is 1. The highest BCUT2D eigenvalue weighted by atomic mass is 127. The maximum atomic E-state index is 5.27. The number of hydrogen-bond donors (Lipinski definition) is 0. The van der Waals surface area contributed by atoms with E-state index in [4.69, 9.17) is 4.42 Å². The Morgan fingerprint density at radius 1 is 1.70 bits per heavy atom. The first-order chi connectivity index (χ1) is 4.68. The van der Waals surface area contributed by atoms with Gasteiger partial charge in [-0.3, -0.25) is 0 Å². The molecule has 0 fully saturated rings. The SMILES string of the molecule is CC(C)Cc1cnc(I)o1. The summed E-state index contributed by atoms with van der Waals surface area (Å²) < 4.78 is 6.00. The average Bonchev–Trinajstić information content (AvgIpc) is 2.13. The normalized spacial score (nSPS) is 10.8. The topological polar surface area (TPSA) is 26.0 Å². The summed E-state index contributed by atoms with van der Waals surface area (Å²) in [6.07, 6.45) is 2.78. The summed E-state index contributed by atoms with van der Waals surface area (Å²) in [6.45, 7) is 4.32. The first kappa shape index (κ1) is 8.04. The molecule has 1 heterocycles. The Bertz CT molecular complexity index is 207. The van der Waals surface area contributed by atoms with Crippen molar-refractivity contribution in [2.45, 2.75) is 20.3 Å². The van der Waals surface area contributed by atoms with Crippen molar-refractivity contribution in [3.8, 4) is 0 Å². The molecular weight excluding hydrogens is 241 g/mol. The lowest BCUT2D eigenvalue weighted by molar-refractivity contribution is 0.448. The third kappa shape index (κ3) is 2.28. The Morgan fingerprint density at radius 2 is 2.40 bits per heavy atom. The second-order valence-electron chi connectivity index (χ2n) is 2.68. The molecule has 1 aromatic heterocycles. The van der Waals surface area contributed by atoms with E-state index >= 15 is 0 Å². The molecule has 3 heteroatoms. The molecule has 1 aromatic rings. The summed E-state index contributed by atoms with van der Waals surface area (Å²) in [5.41, 5.74) is 0. The Morgan fingerprint density at radius 3 is 2.80 bits per heavy atom. The van der Waals surface area contributed by atoms with Crippen LogP contribution >= 0.6 is 22.6 Å². The Balaban J connectivity index is 2.58. The van der Waals surface area contributed by atoms with E-state index in [0.29, 0.717) is 5.92 Å². The third-order valence-corrected chi connectivity index (χ3v) is 1.63. The van der Waals surface area contributed by atoms with Crippen molar-refractivity contribution in [3.05, 3.63) is 15.9 Å². The van der Waals surface area contributed by atoms with Crippen LogP contribution < -0.4 is 0 Å². The van der Waals surface area contributed by atoms with Crippen LogP contribution in [0.25, 0.3) is 0 Å². The van der Waals surface area contributed by atoms with Crippen LogP contribution in [0.2, 0.25) is 0 Å². The number of nitrogens with zero attached hydrogens (tertiary/aromatic N) is 1. The van der Waals surface area contributed by atoms with Gasteiger partial charge in [0.05, 0.1) is 6.20 Å². The van der Waals surface area contributed by atoms with Gasteiger partial charge in [0, 0.05) is 29.0 Å². The highest BCUT2D eigenvalue weighted by Crippen LogP contribution is 2.10. The van der Waals surface area contributed by atoms with Crippen LogP contribution in [-0.4, -0.2) is 4.98 Å². The summed E-state index contributed by atoms with van der Waals surface area (Å²) in [7, 11) is 0. The lowest BCUT2D eigenvalue weighted by Crippen LogP contribution is -1.90. The maximum absolute atomic E-state index is 5.27. The molecule has 0 amide bonds. The molecule has 0 aliphatic heterocycles. The molecule has 0 aromatic carbocycles. The highest BCUT2D eigenvalue weighted by molar-refractivity contribution is 14.1. The van der Waals surface area contributed by atoms with Gasteiger partial charge in [0.2, 0.25) is 0 Å². The predicted molar refractivity (Wildman–Crippen MR) is 47.8 cm³/mol. The standard InChI is InChI=1S/C7H10INO/c1-5(2)3-6-4-9-7(8)10-6/h4-5H,3H2,1-2H3. The van der Waals surface area contributed by atoms with Gasteiger partial charge in [0.1, 0.15) is 5.76 Å². The molecule has 0 saturated carbocycles. The lowest BCUT2D eigenvalue weighted by atomic mass is 10.1. The van der Waals surface area contributed by atoms with Crippen molar-refractivity contribution < 1.29 is 4.42 Å². The fourth-order valence-electron chi connectivity index (χ4n) is 0.780. The molecule has 0 spiro atoms. The van der Waals surface area contributed by atoms with Gasteiger partial charge in [0.15, 0.2) is 0 Å². The molecule has 0 saturated heterocycles. The van der Waals surface area contributed by atoms with Crippen molar-refractivity contribution in [1.82, 2.24) is 4.98 Å². The summed E-state index contributed by atoms with van der Waals surface area (Å²) in [5.74, 6) is 1.63. The molecule has 1 rings (SSSR count). The molecular formula is C7H10INO. The van der Waals surface area contributed by atoms with Gasteiger partial charge in [0.25, 0.3) is 3.90 Å². The van der Waals surface area contributed by atoms with Crippen LogP contribution in [0.1, 0.15) is 19.6 Å². The van der Waals surface area contributed by atoms with Crippen LogP contribution in [-0.2, 0) is 6.42 Å². The van der Waals surface area contributed by atoms with Crippen LogP contribution in [0.3, 0.4) is 0 Å². The van der Waals surface area contributed by atoms with Gasteiger partial charge in [-0.1, -0.05) is 13.8 Å². The second-order valence-corrected chi connectivity index (χ2v) is 3.60. The van der Waals surface area contributed by atoms with Crippen LogP contribution in [0, 0.1) is 9.82 Å². The first-order valence-electron chi connectivity index (χ1n) is 3.28. The number of rotatable bonds is 2. The summed E-state index contributed by atoms with van der Waals surface area (Å²) in [6, 6.07) is 0. The molecule has 0 radical (unpaired) electrons. The van der Waals surface area contributed by atoms with E-state index in [1.54, 1.807) is 6.20 Å². The van der Waals surface area contributed by atoms with E-state index in [1.165, 1.54) is 0 Å². The van der Waals surface area contributed by atoms with E-state index in [2.05, 4.69) is 41.4 Å². The van der Waals surface area contributed by atoms with Crippen molar-refractivity contribution in [1.29, 1.82) is 0 Å². The predicted octanol–water partition coefficient (Wildman–Crippen LogP) is 2.48. The Labute approximate surface area is 74.2 Å². The molecule has 0 bridgehead atoms. The van der Waals surface area contributed by atoms with Crippen molar-refractivity contribution in [3.63, 3.8) is 0 Å². The fraction of sp³-hybridized carbons (Fsp3) is 0.571. The van der Waals surface area contributed by atoms with Gasteiger partial charge < -0.3 is 4.42 Å². The van der Waals surface area contributed by atoms with Gasteiger partial charge >= 0.3 is 0 Å². The molecule has 10 heavy (non-hydrogen) atoms. The highest BCUT2D eigenvalue weighted by Gasteiger charge is 2.02. The van der Waals surface area contributed by atoms with Gasteiger partial charge in [-0.2, -0.15) is 0 Å². The molecule has 0 aliphatic rings. The van der Waals surface area contributed by atoms with E-state index in [-0.39, 0.29) is 0 Å². The van der Waals surface area contributed by atoms with Crippen LogP contribution in [0.5, 0.6) is 0 Å². The van der Waals surface area contributed by atoms with E-state index < -0.39 is 0 Å². The Hall–Kier alpha value is -0.0600. The quantitative estimate of drug-likeness (QED) is 0.754. The molecule has 0 N–H and O–H groups in total.